The van der Waals surface area contributed by atoms with Crippen LogP contribution < -0.4 is 43.4 Å². The number of carbonyl (C=O) groups is 2. The Morgan fingerprint density at radius 3 is 1.66 bits per heavy atom. The van der Waals surface area contributed by atoms with Crippen LogP contribution in [0.2, 0.25) is 0 Å². The molecule has 3 heterocycles. The number of hydrogen-bond acceptors (Lipinski definition) is 12. The van der Waals surface area contributed by atoms with Crippen LogP contribution in [0, 0.1) is 0 Å². The molecule has 2 fully saturated rings. The molecule has 1 aromatic heterocycles. The molecule has 0 spiro atoms. The Balaban J connectivity index is 1.12. The van der Waals surface area contributed by atoms with E-state index >= 15 is 0 Å². The molecule has 1 amide bonds. The molecule has 0 unspecified atom stereocenters. The minimum absolute atomic E-state index is 0.0976. The number of benzene rings is 3. The van der Waals surface area contributed by atoms with Crippen LogP contribution in [0.3, 0.4) is 0 Å². The summed E-state index contributed by atoms with van der Waals surface area (Å²) in [5.41, 5.74) is 28.9. The van der Waals surface area contributed by atoms with Crippen LogP contribution in [0.25, 0.3) is 11.1 Å². The largest absolute Gasteiger partial charge is 0.338 e. The van der Waals surface area contributed by atoms with Crippen LogP contribution in [0.5, 0.6) is 0 Å². The van der Waals surface area contributed by atoms with E-state index < -0.39 is 0 Å². The lowest BCUT2D eigenvalue weighted by atomic mass is 10.0. The third-order valence-electron chi connectivity index (χ3n) is 8.27. The van der Waals surface area contributed by atoms with Crippen LogP contribution in [0.1, 0.15) is 29.6 Å². The summed E-state index contributed by atoms with van der Waals surface area (Å²) in [6, 6.07) is 23.9. The maximum Gasteiger partial charge on any atom is 0.233 e. The Bertz CT molecular complexity index is 1620. The van der Waals surface area contributed by atoms with E-state index in [0.29, 0.717) is 61.0 Å². The zero-order valence-electron chi connectivity index (χ0n) is 26.1. The molecule has 244 valence electrons. The number of Topliss-reactive ketones (excluding diaryl/α,β-unsaturated/α-hetero) is 1. The van der Waals surface area contributed by atoms with Gasteiger partial charge in [-0.15, -0.1) is 0 Å². The number of amides is 1. The van der Waals surface area contributed by atoms with E-state index in [9.17, 15) is 9.59 Å². The highest BCUT2D eigenvalue weighted by molar-refractivity contribution is 6.11. The van der Waals surface area contributed by atoms with E-state index in [-0.39, 0.29) is 42.3 Å². The standard InChI is InChI=1S/C34H41N11O2/c35-24-14-25(36)18-44(17-24)33-41-32(42-34(43-33)45-19-26(37)15-27(38)20-45)40-29-12-8-23(9-13-29)30(46)16-31(47)39-28-10-6-22(7-11-28)21-4-2-1-3-5-21/h1-13,24-27H,14-20,35-38H2,(H,39,47)(H,40,41,42,43)/t24-,25+,26-,27+. The number of ketones is 1. The Labute approximate surface area is 273 Å². The zero-order chi connectivity index (χ0) is 32.9. The smallest absolute Gasteiger partial charge is 0.233 e. The van der Waals surface area contributed by atoms with Gasteiger partial charge in [0.15, 0.2) is 5.78 Å². The fourth-order valence-electron chi connectivity index (χ4n) is 6.07. The molecule has 4 atom stereocenters. The second-order valence-corrected chi connectivity index (χ2v) is 12.4. The molecular formula is C34H41N11O2. The topological polar surface area (TPSA) is 207 Å². The van der Waals surface area contributed by atoms with Crippen LogP contribution in [-0.4, -0.2) is 77.0 Å². The molecule has 47 heavy (non-hydrogen) atoms. The van der Waals surface area contributed by atoms with Gasteiger partial charge in [0, 0.05) is 67.3 Å². The summed E-state index contributed by atoms with van der Waals surface area (Å²) >= 11 is 0. The van der Waals surface area contributed by atoms with Crippen LogP contribution in [-0.2, 0) is 4.79 Å². The number of hydrogen-bond donors (Lipinski definition) is 6. The van der Waals surface area contributed by atoms with Gasteiger partial charge in [0.1, 0.15) is 0 Å². The molecule has 0 saturated carbocycles. The number of nitrogens with one attached hydrogen (secondary N) is 2. The highest BCUT2D eigenvalue weighted by atomic mass is 16.2. The fraction of sp³-hybridized carbons (Fsp3) is 0.324. The average Bonchev–Trinajstić information content (AvgIpc) is 3.05. The summed E-state index contributed by atoms with van der Waals surface area (Å²) in [5.74, 6) is 0.563. The van der Waals surface area contributed by atoms with Crippen LogP contribution >= 0.6 is 0 Å². The lowest BCUT2D eigenvalue weighted by Gasteiger charge is -2.37. The van der Waals surface area contributed by atoms with Crippen molar-refractivity contribution in [3.8, 4) is 11.1 Å². The summed E-state index contributed by atoms with van der Waals surface area (Å²) < 4.78 is 0. The molecule has 2 aliphatic rings. The molecule has 3 aromatic carbocycles. The van der Waals surface area contributed by atoms with Crippen molar-refractivity contribution in [2.45, 2.75) is 43.4 Å². The summed E-state index contributed by atoms with van der Waals surface area (Å²) in [5, 5.41) is 6.04. The van der Waals surface area contributed by atoms with E-state index in [1.807, 2.05) is 64.4 Å². The first-order valence-electron chi connectivity index (χ1n) is 15.8. The van der Waals surface area contributed by atoms with Crippen LogP contribution in [0.4, 0.5) is 29.2 Å². The summed E-state index contributed by atoms with van der Waals surface area (Å²) in [6.45, 7) is 2.27. The summed E-state index contributed by atoms with van der Waals surface area (Å²) in [4.78, 5) is 43.7. The maximum absolute atomic E-state index is 12.9. The molecule has 13 heteroatoms. The zero-order valence-corrected chi connectivity index (χ0v) is 26.1. The minimum atomic E-state index is -0.385. The van der Waals surface area contributed by atoms with Gasteiger partial charge < -0.3 is 43.4 Å². The quantitative estimate of drug-likeness (QED) is 0.116. The Kier molecular flexibility index (Phi) is 9.68. The number of anilines is 5. The first-order valence-corrected chi connectivity index (χ1v) is 15.8. The lowest BCUT2D eigenvalue weighted by Crippen LogP contribution is -2.54. The highest BCUT2D eigenvalue weighted by Crippen LogP contribution is 2.25. The van der Waals surface area contributed by atoms with Gasteiger partial charge in [-0.3, -0.25) is 9.59 Å². The van der Waals surface area contributed by atoms with Gasteiger partial charge in [-0.2, -0.15) is 15.0 Å². The molecule has 4 aromatic rings. The first-order chi connectivity index (χ1) is 22.7. The first kappa shape index (κ1) is 32.0. The maximum atomic E-state index is 12.9. The predicted molar refractivity (Wildman–Crippen MR) is 185 cm³/mol. The van der Waals surface area contributed by atoms with E-state index in [2.05, 4.69) is 20.6 Å². The Hall–Kier alpha value is -4.95. The number of nitrogens with two attached hydrogens (primary N) is 4. The third kappa shape index (κ3) is 8.26. The molecule has 2 aliphatic heterocycles. The van der Waals surface area contributed by atoms with Gasteiger partial charge in [-0.1, -0.05) is 42.5 Å². The summed E-state index contributed by atoms with van der Waals surface area (Å²) in [6.07, 6.45) is 1.17. The molecule has 0 aliphatic carbocycles. The van der Waals surface area contributed by atoms with Gasteiger partial charge in [0.2, 0.25) is 23.8 Å². The van der Waals surface area contributed by atoms with Gasteiger partial charge in [-0.05, 0) is 60.4 Å². The van der Waals surface area contributed by atoms with Crippen molar-refractivity contribution in [1.82, 2.24) is 15.0 Å². The van der Waals surface area contributed by atoms with E-state index in [1.54, 1.807) is 24.3 Å². The molecule has 0 bridgehead atoms. The predicted octanol–water partition coefficient (Wildman–Crippen LogP) is 2.22. The van der Waals surface area contributed by atoms with E-state index in [4.69, 9.17) is 27.9 Å². The second kappa shape index (κ2) is 14.2. The lowest BCUT2D eigenvalue weighted by molar-refractivity contribution is -0.115. The molecular weight excluding hydrogens is 594 g/mol. The van der Waals surface area contributed by atoms with E-state index in [1.165, 1.54) is 0 Å². The minimum Gasteiger partial charge on any atom is -0.338 e. The molecule has 10 N–H and O–H groups in total. The second-order valence-electron chi connectivity index (χ2n) is 12.4. The molecule has 0 radical (unpaired) electrons. The van der Waals surface area contributed by atoms with E-state index in [0.717, 1.165) is 24.0 Å². The molecule has 6 rings (SSSR count). The van der Waals surface area contributed by atoms with Gasteiger partial charge in [0.25, 0.3) is 0 Å². The number of nitrogens with zero attached hydrogens (tertiary/aromatic N) is 5. The van der Waals surface area contributed by atoms with Crippen molar-refractivity contribution in [1.29, 1.82) is 0 Å². The Morgan fingerprint density at radius 1 is 0.638 bits per heavy atom. The fourth-order valence-corrected chi connectivity index (χ4v) is 6.07. The van der Waals surface area contributed by atoms with Crippen molar-refractivity contribution in [3.05, 3.63) is 84.4 Å². The summed E-state index contributed by atoms with van der Waals surface area (Å²) in [7, 11) is 0. The van der Waals surface area contributed by atoms with Crippen molar-refractivity contribution in [3.63, 3.8) is 0 Å². The SMILES string of the molecule is N[C@@H]1C[C@H](N)CN(c2nc(Nc3ccc(C(=O)CC(=O)Nc4ccc(-c5ccccc5)cc4)cc3)nc(N3C[C@H](N)C[C@H](N)C3)n2)C1. The van der Waals surface area contributed by atoms with Crippen molar-refractivity contribution < 1.29 is 9.59 Å². The number of piperidine rings is 2. The highest BCUT2D eigenvalue weighted by Gasteiger charge is 2.29. The van der Waals surface area contributed by atoms with Gasteiger partial charge in [-0.25, -0.2) is 0 Å². The number of aromatic nitrogens is 3. The number of rotatable bonds is 9. The van der Waals surface area contributed by atoms with Crippen LogP contribution in [0.15, 0.2) is 78.9 Å². The van der Waals surface area contributed by atoms with Crippen molar-refractivity contribution in [2.24, 2.45) is 22.9 Å². The van der Waals surface area contributed by atoms with Gasteiger partial charge >= 0.3 is 0 Å². The van der Waals surface area contributed by atoms with Gasteiger partial charge in [0.05, 0.1) is 6.42 Å². The van der Waals surface area contributed by atoms with Crippen molar-refractivity contribution >= 4 is 40.9 Å². The van der Waals surface area contributed by atoms with Crippen molar-refractivity contribution in [2.75, 3.05) is 46.6 Å². The normalized spacial score (nSPS) is 21.3. The number of carbonyl (C=O) groups excluding carboxylic acids is 2. The molecule has 2 saturated heterocycles. The monoisotopic (exact) mass is 635 g/mol. The Morgan fingerprint density at radius 2 is 1.13 bits per heavy atom. The average molecular weight is 636 g/mol. The third-order valence-corrected chi connectivity index (χ3v) is 8.27. The molecule has 13 nitrogen and oxygen atoms in total.